The molecule has 3 aromatic rings. The first-order valence-corrected chi connectivity index (χ1v) is 9.43. The maximum Gasteiger partial charge on any atom is 0.345 e. The molecule has 11 heteroatoms. The number of nitrogens with one attached hydrogen (secondary N) is 1. The largest absolute Gasteiger partial charge is 0.490 e. The molecule has 0 aliphatic heterocycles. The summed E-state index contributed by atoms with van der Waals surface area (Å²) in [7, 11) is 2.69. The summed E-state index contributed by atoms with van der Waals surface area (Å²) < 4.78 is 9.96. The molecule has 0 aliphatic rings. The highest BCUT2D eigenvalue weighted by molar-refractivity contribution is 5.73. The molecular weight excluding hydrogens is 432 g/mol. The zero-order valence-corrected chi connectivity index (χ0v) is 17.6. The van der Waals surface area contributed by atoms with E-state index in [0.29, 0.717) is 22.5 Å². The Labute approximate surface area is 186 Å². The van der Waals surface area contributed by atoms with Crippen LogP contribution in [0.15, 0.2) is 47.3 Å². The number of nitrogens with zero attached hydrogens (tertiary/aromatic N) is 3. The Bertz CT molecular complexity index is 1230. The van der Waals surface area contributed by atoms with E-state index in [1.165, 1.54) is 44.6 Å². The molecule has 0 aliphatic carbocycles. The Hall–Kier alpha value is -4.80. The lowest BCUT2D eigenvalue weighted by Crippen LogP contribution is -2.12. The highest BCUT2D eigenvalue weighted by Gasteiger charge is 2.15. The van der Waals surface area contributed by atoms with Gasteiger partial charge in [-0.15, -0.1) is 0 Å². The van der Waals surface area contributed by atoms with Gasteiger partial charge in [-0.25, -0.2) is 4.79 Å². The second kappa shape index (κ2) is 10.0. The summed E-state index contributed by atoms with van der Waals surface area (Å²) in [4.78, 5) is 39.6. The number of benzene rings is 2. The number of hydrogen-bond donors (Lipinski definition) is 1. The van der Waals surface area contributed by atoms with Gasteiger partial charge in [0.2, 0.25) is 0 Å². The van der Waals surface area contributed by atoms with E-state index in [-0.39, 0.29) is 22.9 Å². The van der Waals surface area contributed by atoms with Crippen LogP contribution in [-0.2, 0) is 0 Å². The van der Waals surface area contributed by atoms with Crippen LogP contribution in [0.2, 0.25) is 0 Å². The maximum atomic E-state index is 11.9. The molecule has 33 heavy (non-hydrogen) atoms. The van der Waals surface area contributed by atoms with E-state index >= 15 is 0 Å². The molecule has 1 heterocycles. The molecule has 1 N–H and O–H groups in total. The lowest BCUT2D eigenvalue weighted by atomic mass is 10.1. The zero-order chi connectivity index (χ0) is 24.0. The number of nitro benzene ring substituents is 2. The standard InChI is InChI=1S/C22H18N4O7/c1-32-20-9-5-14(11-18(20)25(28)29)3-7-16-13-17(24-22(27)23-16)8-4-15-6-10-21(33-2)19(12-15)26(30)31/h3-13H,1-2H3,(H,23,24,27)/b7-3+,8-4+. The van der Waals surface area contributed by atoms with Crippen LogP contribution in [0.4, 0.5) is 11.4 Å². The molecule has 0 fully saturated rings. The van der Waals surface area contributed by atoms with Gasteiger partial charge in [-0.2, -0.15) is 4.98 Å². The fraction of sp³-hybridized carbons (Fsp3) is 0.0909. The summed E-state index contributed by atoms with van der Waals surface area (Å²) >= 11 is 0. The topological polar surface area (TPSA) is 150 Å². The third kappa shape index (κ3) is 5.67. The van der Waals surface area contributed by atoms with Gasteiger partial charge in [0.1, 0.15) is 0 Å². The number of ether oxygens (including phenoxy) is 2. The van der Waals surface area contributed by atoms with Crippen LogP contribution in [0, 0.1) is 20.2 Å². The second-order valence-electron chi connectivity index (χ2n) is 6.61. The molecule has 2 aromatic carbocycles. The number of rotatable bonds is 8. The first-order valence-electron chi connectivity index (χ1n) is 9.43. The van der Waals surface area contributed by atoms with Crippen molar-refractivity contribution in [1.29, 1.82) is 0 Å². The minimum absolute atomic E-state index is 0.137. The van der Waals surface area contributed by atoms with E-state index in [0.717, 1.165) is 0 Å². The summed E-state index contributed by atoms with van der Waals surface area (Å²) in [6, 6.07) is 10.5. The van der Waals surface area contributed by atoms with Crippen molar-refractivity contribution >= 4 is 35.7 Å². The quantitative estimate of drug-likeness (QED) is 0.400. The van der Waals surface area contributed by atoms with Crippen molar-refractivity contribution in [2.24, 2.45) is 0 Å². The van der Waals surface area contributed by atoms with Crippen molar-refractivity contribution in [3.63, 3.8) is 0 Å². The Balaban J connectivity index is 1.87. The molecule has 0 saturated heterocycles. The Kier molecular flexibility index (Phi) is 6.94. The van der Waals surface area contributed by atoms with Gasteiger partial charge >= 0.3 is 17.1 Å². The lowest BCUT2D eigenvalue weighted by molar-refractivity contribution is -0.385. The molecule has 11 nitrogen and oxygen atoms in total. The van der Waals surface area contributed by atoms with Crippen molar-refractivity contribution in [3.05, 3.63) is 95.7 Å². The van der Waals surface area contributed by atoms with Gasteiger partial charge < -0.3 is 14.5 Å². The van der Waals surface area contributed by atoms with Crippen molar-refractivity contribution in [3.8, 4) is 11.5 Å². The van der Waals surface area contributed by atoms with Gasteiger partial charge in [-0.05, 0) is 41.5 Å². The molecule has 3 rings (SSSR count). The molecular formula is C22H18N4O7. The Morgan fingerprint density at radius 2 is 1.33 bits per heavy atom. The number of H-pyrrole nitrogens is 1. The van der Waals surface area contributed by atoms with Crippen LogP contribution in [0.5, 0.6) is 11.5 Å². The SMILES string of the molecule is COc1ccc(/C=C/c2cc(/C=C/c3ccc(OC)c([N+](=O)[O-])c3)[nH]c(=O)n2)cc1[N+](=O)[O-]. The Morgan fingerprint density at radius 1 is 0.818 bits per heavy atom. The van der Waals surface area contributed by atoms with E-state index in [2.05, 4.69) is 9.97 Å². The highest BCUT2D eigenvalue weighted by Crippen LogP contribution is 2.29. The van der Waals surface area contributed by atoms with Crippen molar-refractivity contribution in [2.45, 2.75) is 0 Å². The minimum atomic E-state index is -0.599. The molecule has 0 saturated carbocycles. The van der Waals surface area contributed by atoms with Crippen LogP contribution in [0.25, 0.3) is 24.3 Å². The van der Waals surface area contributed by atoms with Gasteiger partial charge in [0.15, 0.2) is 11.5 Å². The summed E-state index contributed by atoms with van der Waals surface area (Å²) in [6.07, 6.45) is 6.28. The number of hydrogen-bond acceptors (Lipinski definition) is 8. The monoisotopic (exact) mass is 450 g/mol. The predicted octanol–water partition coefficient (Wildman–Crippen LogP) is 3.94. The first-order chi connectivity index (χ1) is 15.8. The van der Waals surface area contributed by atoms with Gasteiger partial charge in [0.05, 0.1) is 29.8 Å². The fourth-order valence-electron chi connectivity index (χ4n) is 2.95. The van der Waals surface area contributed by atoms with Crippen molar-refractivity contribution in [1.82, 2.24) is 9.97 Å². The van der Waals surface area contributed by atoms with Gasteiger partial charge in [0.25, 0.3) is 0 Å². The van der Waals surface area contributed by atoms with Crippen LogP contribution in [0.3, 0.4) is 0 Å². The fourth-order valence-corrected chi connectivity index (χ4v) is 2.95. The molecule has 168 valence electrons. The molecule has 0 amide bonds. The van der Waals surface area contributed by atoms with E-state index < -0.39 is 15.5 Å². The van der Waals surface area contributed by atoms with Crippen molar-refractivity contribution < 1.29 is 19.3 Å². The minimum Gasteiger partial charge on any atom is -0.490 e. The molecule has 0 unspecified atom stereocenters. The average Bonchev–Trinajstić information content (AvgIpc) is 2.80. The van der Waals surface area contributed by atoms with Gasteiger partial charge in [-0.1, -0.05) is 24.3 Å². The smallest absolute Gasteiger partial charge is 0.345 e. The summed E-state index contributed by atoms with van der Waals surface area (Å²) in [5.74, 6) is 0.276. The van der Waals surface area contributed by atoms with E-state index in [1.807, 2.05) is 0 Å². The number of nitro groups is 2. The summed E-state index contributed by atoms with van der Waals surface area (Å²) in [5.41, 5.74) is 0.815. The van der Waals surface area contributed by atoms with Crippen LogP contribution in [-0.4, -0.2) is 34.0 Å². The van der Waals surface area contributed by atoms with Crippen LogP contribution < -0.4 is 15.2 Å². The Morgan fingerprint density at radius 3 is 1.82 bits per heavy atom. The van der Waals surface area contributed by atoms with E-state index in [4.69, 9.17) is 9.47 Å². The van der Waals surface area contributed by atoms with Crippen LogP contribution in [0.1, 0.15) is 22.5 Å². The molecule has 0 radical (unpaired) electrons. The third-order valence-electron chi connectivity index (χ3n) is 4.49. The lowest BCUT2D eigenvalue weighted by Gasteiger charge is -2.02. The van der Waals surface area contributed by atoms with E-state index in [1.54, 1.807) is 36.4 Å². The van der Waals surface area contributed by atoms with E-state index in [9.17, 15) is 25.0 Å². The number of methoxy groups -OCH3 is 2. The molecule has 0 bridgehead atoms. The number of aromatic nitrogens is 2. The first kappa shape index (κ1) is 22.9. The average molecular weight is 450 g/mol. The summed E-state index contributed by atoms with van der Waals surface area (Å²) in [6.45, 7) is 0. The summed E-state index contributed by atoms with van der Waals surface area (Å²) in [5, 5.41) is 22.3. The highest BCUT2D eigenvalue weighted by atomic mass is 16.6. The maximum absolute atomic E-state index is 11.9. The molecule has 0 spiro atoms. The normalized spacial score (nSPS) is 11.1. The molecule has 1 aromatic heterocycles. The second-order valence-corrected chi connectivity index (χ2v) is 6.61. The van der Waals surface area contributed by atoms with Crippen molar-refractivity contribution in [2.75, 3.05) is 14.2 Å². The number of aromatic amines is 1. The zero-order valence-electron chi connectivity index (χ0n) is 17.6. The van der Waals surface area contributed by atoms with Gasteiger partial charge in [0, 0.05) is 17.8 Å². The van der Waals surface area contributed by atoms with Gasteiger partial charge in [-0.3, -0.25) is 20.2 Å². The predicted molar refractivity (Wildman–Crippen MR) is 122 cm³/mol. The van der Waals surface area contributed by atoms with Crippen LogP contribution >= 0.6 is 0 Å². The molecule has 0 atom stereocenters. The third-order valence-corrected chi connectivity index (χ3v) is 4.49.